The third kappa shape index (κ3) is 2.46. The summed E-state index contributed by atoms with van der Waals surface area (Å²) in [5.41, 5.74) is 3.14. The number of aromatic carboxylic acids is 1. The third-order valence-corrected chi connectivity index (χ3v) is 5.43. The lowest BCUT2D eigenvalue weighted by molar-refractivity contribution is 0.0697. The van der Waals surface area contributed by atoms with Gasteiger partial charge in [-0.05, 0) is 52.7 Å². The molecule has 116 valence electrons. The van der Waals surface area contributed by atoms with Crippen molar-refractivity contribution in [3.05, 3.63) is 51.3 Å². The number of aromatic nitrogens is 2. The monoisotopic (exact) mass is 389 g/mol. The van der Waals surface area contributed by atoms with Gasteiger partial charge in [-0.15, -0.1) is 11.3 Å². The topological polar surface area (TPSA) is 67.1 Å². The lowest BCUT2D eigenvalue weighted by Gasteiger charge is -2.07. The van der Waals surface area contributed by atoms with E-state index in [1.54, 1.807) is 34.2 Å². The van der Waals surface area contributed by atoms with Gasteiger partial charge in [-0.25, -0.2) is 9.48 Å². The maximum absolute atomic E-state index is 11.2. The highest BCUT2D eigenvalue weighted by atomic mass is 79.9. The van der Waals surface area contributed by atoms with Gasteiger partial charge in [-0.3, -0.25) is 0 Å². The van der Waals surface area contributed by atoms with Crippen LogP contribution in [0.25, 0.3) is 16.3 Å². The standard InChI is InChI=1S/C16H12BrN3O2S/c17-13-5-4-12(23-13)14-11-6-7-18-15(11)20(19-14)10-3-1-2-9(8-10)16(21)22/h1-5,8,18H,6-7H2,(H,21,22). The van der Waals surface area contributed by atoms with Crippen molar-refractivity contribution in [1.29, 1.82) is 0 Å². The molecule has 2 N–H and O–H groups in total. The van der Waals surface area contributed by atoms with E-state index in [9.17, 15) is 9.90 Å². The van der Waals surface area contributed by atoms with Gasteiger partial charge < -0.3 is 10.4 Å². The van der Waals surface area contributed by atoms with E-state index >= 15 is 0 Å². The number of fused-ring (bicyclic) bond motifs is 1. The van der Waals surface area contributed by atoms with E-state index in [1.165, 1.54) is 5.56 Å². The molecular weight excluding hydrogens is 378 g/mol. The first-order valence-electron chi connectivity index (χ1n) is 7.08. The van der Waals surface area contributed by atoms with Crippen molar-refractivity contribution in [1.82, 2.24) is 9.78 Å². The summed E-state index contributed by atoms with van der Waals surface area (Å²) in [5, 5.41) is 17.3. The highest BCUT2D eigenvalue weighted by Crippen LogP contribution is 2.38. The van der Waals surface area contributed by atoms with E-state index in [-0.39, 0.29) is 5.56 Å². The average Bonchev–Trinajstić information content (AvgIpc) is 3.23. The first kappa shape index (κ1) is 14.5. The van der Waals surface area contributed by atoms with Crippen molar-refractivity contribution < 1.29 is 9.90 Å². The molecule has 5 nitrogen and oxygen atoms in total. The van der Waals surface area contributed by atoms with Gasteiger partial charge in [0, 0.05) is 12.1 Å². The fraction of sp³-hybridized carbons (Fsp3) is 0.125. The molecule has 1 aliphatic rings. The molecule has 0 radical (unpaired) electrons. The van der Waals surface area contributed by atoms with Crippen LogP contribution in [-0.2, 0) is 6.42 Å². The van der Waals surface area contributed by atoms with Crippen LogP contribution in [-0.4, -0.2) is 27.4 Å². The number of halogens is 1. The molecule has 0 bridgehead atoms. The largest absolute Gasteiger partial charge is 0.478 e. The Balaban J connectivity index is 1.87. The minimum absolute atomic E-state index is 0.255. The molecule has 0 aliphatic carbocycles. The van der Waals surface area contributed by atoms with Crippen LogP contribution < -0.4 is 5.32 Å². The molecule has 7 heteroatoms. The molecule has 0 saturated heterocycles. The van der Waals surface area contributed by atoms with Gasteiger partial charge in [0.1, 0.15) is 11.5 Å². The molecule has 2 aromatic heterocycles. The second-order valence-corrected chi connectivity index (χ2v) is 7.69. The Bertz CT molecular complexity index is 916. The first-order valence-corrected chi connectivity index (χ1v) is 8.69. The minimum atomic E-state index is -0.939. The van der Waals surface area contributed by atoms with Gasteiger partial charge in [-0.1, -0.05) is 6.07 Å². The van der Waals surface area contributed by atoms with Gasteiger partial charge in [-0.2, -0.15) is 5.10 Å². The van der Waals surface area contributed by atoms with Gasteiger partial charge in [0.05, 0.1) is 19.9 Å². The van der Waals surface area contributed by atoms with Crippen molar-refractivity contribution in [2.45, 2.75) is 6.42 Å². The number of rotatable bonds is 3. The molecule has 0 unspecified atom stereocenters. The van der Waals surface area contributed by atoms with E-state index in [4.69, 9.17) is 5.10 Å². The summed E-state index contributed by atoms with van der Waals surface area (Å²) in [7, 11) is 0. The van der Waals surface area contributed by atoms with Gasteiger partial charge in [0.2, 0.25) is 0 Å². The zero-order chi connectivity index (χ0) is 16.0. The van der Waals surface area contributed by atoms with Crippen LogP contribution in [0.5, 0.6) is 0 Å². The molecule has 3 aromatic rings. The molecule has 1 aromatic carbocycles. The normalized spacial score (nSPS) is 12.9. The maximum atomic E-state index is 11.2. The molecule has 23 heavy (non-hydrogen) atoms. The number of thiophene rings is 1. The molecule has 0 atom stereocenters. The highest BCUT2D eigenvalue weighted by molar-refractivity contribution is 9.11. The van der Waals surface area contributed by atoms with E-state index in [1.807, 2.05) is 18.2 Å². The van der Waals surface area contributed by atoms with Crippen molar-refractivity contribution in [2.75, 3.05) is 11.9 Å². The lowest BCUT2D eigenvalue weighted by Crippen LogP contribution is -2.05. The van der Waals surface area contributed by atoms with Crippen LogP contribution in [0.3, 0.4) is 0 Å². The van der Waals surface area contributed by atoms with Gasteiger partial charge in [0.15, 0.2) is 0 Å². The number of nitrogens with one attached hydrogen (secondary N) is 1. The number of hydrogen-bond donors (Lipinski definition) is 2. The first-order chi connectivity index (χ1) is 11.1. The van der Waals surface area contributed by atoms with Crippen molar-refractivity contribution in [3.63, 3.8) is 0 Å². The summed E-state index contributed by atoms with van der Waals surface area (Å²) in [6.07, 6.45) is 0.915. The highest BCUT2D eigenvalue weighted by Gasteiger charge is 2.24. The molecule has 3 heterocycles. The Morgan fingerprint density at radius 1 is 1.35 bits per heavy atom. The van der Waals surface area contributed by atoms with Crippen molar-refractivity contribution in [2.24, 2.45) is 0 Å². The minimum Gasteiger partial charge on any atom is -0.478 e. The molecule has 0 spiro atoms. The van der Waals surface area contributed by atoms with Gasteiger partial charge in [0.25, 0.3) is 0 Å². The third-order valence-electron chi connectivity index (χ3n) is 3.80. The SMILES string of the molecule is O=C(O)c1cccc(-n2nc(-c3ccc(Br)s3)c3c2NCC3)c1. The van der Waals surface area contributed by atoms with E-state index < -0.39 is 5.97 Å². The Hall–Kier alpha value is -2.12. The number of hydrogen-bond acceptors (Lipinski definition) is 4. The van der Waals surface area contributed by atoms with Crippen LogP contribution in [0, 0.1) is 0 Å². The molecule has 0 fully saturated rings. The van der Waals surface area contributed by atoms with Crippen LogP contribution in [0.15, 0.2) is 40.2 Å². The second-order valence-electron chi connectivity index (χ2n) is 5.22. The fourth-order valence-electron chi connectivity index (χ4n) is 2.77. The fourth-order valence-corrected chi connectivity index (χ4v) is 4.17. The molecule has 0 saturated carbocycles. The van der Waals surface area contributed by atoms with Crippen LogP contribution in [0.4, 0.5) is 5.82 Å². The smallest absolute Gasteiger partial charge is 0.335 e. The molecule has 0 amide bonds. The van der Waals surface area contributed by atoms with Crippen LogP contribution in [0.2, 0.25) is 0 Å². The summed E-state index contributed by atoms with van der Waals surface area (Å²) in [6.45, 7) is 0.866. The van der Waals surface area contributed by atoms with Crippen LogP contribution >= 0.6 is 27.3 Å². The predicted octanol–water partition coefficient (Wildman–Crippen LogP) is 4.03. The Morgan fingerprint density at radius 2 is 2.22 bits per heavy atom. The summed E-state index contributed by atoms with van der Waals surface area (Å²) in [6, 6.07) is 10.9. The van der Waals surface area contributed by atoms with E-state index in [0.29, 0.717) is 0 Å². The molecule has 4 rings (SSSR count). The molecule has 1 aliphatic heterocycles. The van der Waals surface area contributed by atoms with Crippen LogP contribution in [0.1, 0.15) is 15.9 Å². The number of carboxylic acid groups (broad SMARTS) is 1. The summed E-state index contributed by atoms with van der Waals surface area (Å²) in [4.78, 5) is 12.3. The quantitative estimate of drug-likeness (QED) is 0.709. The average molecular weight is 390 g/mol. The lowest BCUT2D eigenvalue weighted by atomic mass is 10.2. The van der Waals surface area contributed by atoms with E-state index in [0.717, 1.165) is 38.8 Å². The number of anilines is 1. The second kappa shape index (κ2) is 5.50. The zero-order valence-electron chi connectivity index (χ0n) is 11.9. The Morgan fingerprint density at radius 3 is 2.96 bits per heavy atom. The van der Waals surface area contributed by atoms with E-state index in [2.05, 4.69) is 21.2 Å². The Kier molecular flexibility index (Phi) is 3.46. The number of benzene rings is 1. The summed E-state index contributed by atoms with van der Waals surface area (Å²) >= 11 is 5.13. The summed E-state index contributed by atoms with van der Waals surface area (Å²) in [5.74, 6) is 0.0121. The number of carbonyl (C=O) groups is 1. The Labute approximate surface area is 144 Å². The zero-order valence-corrected chi connectivity index (χ0v) is 14.3. The molecular formula is C16H12BrN3O2S. The van der Waals surface area contributed by atoms with Crippen molar-refractivity contribution in [3.8, 4) is 16.3 Å². The number of carboxylic acids is 1. The van der Waals surface area contributed by atoms with Crippen molar-refractivity contribution >= 4 is 39.1 Å². The summed E-state index contributed by atoms with van der Waals surface area (Å²) < 4.78 is 2.87. The van der Waals surface area contributed by atoms with Gasteiger partial charge >= 0.3 is 5.97 Å². The maximum Gasteiger partial charge on any atom is 0.335 e. The number of nitrogens with zero attached hydrogens (tertiary/aromatic N) is 2. The predicted molar refractivity (Wildman–Crippen MR) is 93.7 cm³/mol.